The first-order valence-corrected chi connectivity index (χ1v) is 11.8. The van der Waals surface area contributed by atoms with Crippen molar-refractivity contribution in [1.82, 2.24) is 15.1 Å². The highest BCUT2D eigenvalue weighted by Crippen LogP contribution is 2.45. The van der Waals surface area contributed by atoms with E-state index in [9.17, 15) is 5.11 Å². The highest BCUT2D eigenvalue weighted by atomic mass is 16.5. The van der Waals surface area contributed by atoms with E-state index in [0.717, 1.165) is 74.5 Å². The molecule has 170 valence electrons. The van der Waals surface area contributed by atoms with Gasteiger partial charge in [0.05, 0.1) is 16.7 Å². The molecule has 1 atom stereocenters. The van der Waals surface area contributed by atoms with Gasteiger partial charge in [-0.2, -0.15) is 0 Å². The number of nitrogens with one attached hydrogen (secondary N) is 1. The maximum absolute atomic E-state index is 12.7. The van der Waals surface area contributed by atoms with Gasteiger partial charge in [0.25, 0.3) is 0 Å². The molecule has 0 aliphatic heterocycles. The van der Waals surface area contributed by atoms with Crippen molar-refractivity contribution >= 4 is 11.0 Å². The fourth-order valence-electron chi connectivity index (χ4n) is 5.03. The molecule has 0 spiro atoms. The van der Waals surface area contributed by atoms with Gasteiger partial charge >= 0.3 is 0 Å². The summed E-state index contributed by atoms with van der Waals surface area (Å²) in [5, 5.41) is 16.9. The van der Waals surface area contributed by atoms with Crippen LogP contribution in [-0.4, -0.2) is 20.2 Å². The summed E-state index contributed by atoms with van der Waals surface area (Å²) in [6.07, 6.45) is 2.29. The van der Waals surface area contributed by atoms with Crippen LogP contribution >= 0.6 is 0 Å². The minimum Gasteiger partial charge on any atom is -0.376 e. The summed E-state index contributed by atoms with van der Waals surface area (Å²) in [5.41, 5.74) is 6.49. The summed E-state index contributed by atoms with van der Waals surface area (Å²) in [5.74, 6) is 2.21. The van der Waals surface area contributed by atoms with E-state index in [-0.39, 0.29) is 0 Å². The van der Waals surface area contributed by atoms with Gasteiger partial charge in [0.15, 0.2) is 0 Å². The highest BCUT2D eigenvalue weighted by Gasteiger charge is 2.38. The van der Waals surface area contributed by atoms with Crippen molar-refractivity contribution in [2.75, 3.05) is 0 Å². The van der Waals surface area contributed by atoms with Crippen LogP contribution in [-0.2, 0) is 5.60 Å². The molecule has 2 N–H and O–H groups in total. The maximum atomic E-state index is 12.7. The number of H-pyrrole nitrogens is 1. The molecule has 5 aromatic rings. The Balaban J connectivity index is 1.70. The van der Waals surface area contributed by atoms with Crippen LogP contribution in [0.15, 0.2) is 71.3 Å². The van der Waals surface area contributed by atoms with Crippen molar-refractivity contribution in [2.24, 2.45) is 0 Å². The summed E-state index contributed by atoms with van der Waals surface area (Å²) >= 11 is 0. The molecular formula is C29H27N3O2. The molecule has 6 rings (SSSR count). The molecule has 5 heteroatoms. The van der Waals surface area contributed by atoms with Crippen LogP contribution in [0.5, 0.6) is 0 Å². The predicted octanol–water partition coefficient (Wildman–Crippen LogP) is 6.30. The third kappa shape index (κ3) is 3.27. The summed E-state index contributed by atoms with van der Waals surface area (Å²) in [7, 11) is 0. The molecule has 1 saturated carbocycles. The van der Waals surface area contributed by atoms with Crippen molar-refractivity contribution in [1.29, 1.82) is 0 Å². The Labute approximate surface area is 198 Å². The molecular weight excluding hydrogens is 422 g/mol. The lowest BCUT2D eigenvalue weighted by atomic mass is 9.78. The van der Waals surface area contributed by atoms with Crippen LogP contribution in [0.25, 0.3) is 22.2 Å². The minimum absolute atomic E-state index is 0.464. The van der Waals surface area contributed by atoms with E-state index in [1.165, 1.54) is 0 Å². The number of hydrogen-bond acceptors (Lipinski definition) is 4. The number of aliphatic hydroxyl groups is 1. The van der Waals surface area contributed by atoms with Gasteiger partial charge in [-0.1, -0.05) is 65.3 Å². The number of aryl methyl sites for hydroxylation is 3. The monoisotopic (exact) mass is 449 g/mol. The Morgan fingerprint density at radius 1 is 0.941 bits per heavy atom. The van der Waals surface area contributed by atoms with Gasteiger partial charge in [-0.25, -0.2) is 4.98 Å². The van der Waals surface area contributed by atoms with Crippen LogP contribution in [0, 0.1) is 20.8 Å². The van der Waals surface area contributed by atoms with E-state index in [2.05, 4.69) is 28.3 Å². The molecule has 1 unspecified atom stereocenters. The van der Waals surface area contributed by atoms with E-state index < -0.39 is 5.60 Å². The highest BCUT2D eigenvalue weighted by molar-refractivity contribution is 5.88. The van der Waals surface area contributed by atoms with Crippen LogP contribution < -0.4 is 0 Å². The van der Waals surface area contributed by atoms with E-state index in [1.54, 1.807) is 0 Å². The Morgan fingerprint density at radius 2 is 1.71 bits per heavy atom. The van der Waals surface area contributed by atoms with Gasteiger partial charge in [-0.05, 0) is 62.4 Å². The molecule has 2 heterocycles. The first-order chi connectivity index (χ1) is 16.4. The Kier molecular flexibility index (Phi) is 4.71. The SMILES string of the molecule is Cc1cccc(C(O)(c2ccccc2)c2cc(-c3c(C)noc3C)cc3[nH]c(C4CC4)nc23)c1. The van der Waals surface area contributed by atoms with E-state index in [0.29, 0.717) is 5.92 Å². The zero-order chi connectivity index (χ0) is 23.4. The summed E-state index contributed by atoms with van der Waals surface area (Å²) < 4.78 is 5.49. The normalized spacial score (nSPS) is 15.5. The number of nitrogens with zero attached hydrogens (tertiary/aromatic N) is 2. The van der Waals surface area contributed by atoms with Crippen molar-refractivity contribution in [3.05, 3.63) is 106 Å². The Hall–Kier alpha value is -3.70. The number of benzene rings is 3. The molecule has 0 saturated heterocycles. The largest absolute Gasteiger partial charge is 0.376 e. The first-order valence-electron chi connectivity index (χ1n) is 11.8. The second-order valence-electron chi connectivity index (χ2n) is 9.46. The molecule has 34 heavy (non-hydrogen) atoms. The van der Waals surface area contributed by atoms with E-state index in [4.69, 9.17) is 9.51 Å². The number of aromatic nitrogens is 3. The second-order valence-corrected chi connectivity index (χ2v) is 9.46. The molecule has 1 aliphatic rings. The average molecular weight is 450 g/mol. The van der Waals surface area contributed by atoms with Gasteiger partial charge in [0.1, 0.15) is 17.2 Å². The van der Waals surface area contributed by atoms with E-state index in [1.807, 2.05) is 69.3 Å². The topological polar surface area (TPSA) is 74.9 Å². The number of hydrogen-bond donors (Lipinski definition) is 2. The van der Waals surface area contributed by atoms with Gasteiger partial charge in [0.2, 0.25) is 0 Å². The Bertz CT molecular complexity index is 1490. The minimum atomic E-state index is -1.39. The zero-order valence-electron chi connectivity index (χ0n) is 19.6. The maximum Gasteiger partial charge on any atom is 0.142 e. The summed E-state index contributed by atoms with van der Waals surface area (Å²) in [4.78, 5) is 8.58. The van der Waals surface area contributed by atoms with Gasteiger partial charge in [-0.3, -0.25) is 0 Å². The number of rotatable bonds is 5. The van der Waals surface area contributed by atoms with Crippen LogP contribution in [0.4, 0.5) is 0 Å². The van der Waals surface area contributed by atoms with Crippen molar-refractivity contribution in [3.63, 3.8) is 0 Å². The van der Waals surface area contributed by atoms with Gasteiger partial charge in [-0.15, -0.1) is 0 Å². The van der Waals surface area contributed by atoms with Gasteiger partial charge in [0, 0.05) is 17.0 Å². The van der Waals surface area contributed by atoms with Gasteiger partial charge < -0.3 is 14.6 Å². The number of fused-ring (bicyclic) bond motifs is 1. The summed E-state index contributed by atoms with van der Waals surface area (Å²) in [6, 6.07) is 22.1. The molecule has 0 amide bonds. The molecule has 1 aliphatic carbocycles. The first kappa shape index (κ1) is 20.9. The lowest BCUT2D eigenvalue weighted by Crippen LogP contribution is -2.29. The molecule has 0 radical (unpaired) electrons. The zero-order valence-corrected chi connectivity index (χ0v) is 19.6. The average Bonchev–Trinajstić information content (AvgIpc) is 3.52. The standard InChI is InChI=1S/C29H27N3O2/c1-17-8-7-11-23(14-17)29(33,22-9-5-4-6-10-22)24-15-21(26-18(2)32-34-19(26)3)16-25-27(24)31-28(30-25)20-12-13-20/h4-11,14-16,20,33H,12-13H2,1-3H3,(H,30,31). The quantitative estimate of drug-likeness (QED) is 0.309. The lowest BCUT2D eigenvalue weighted by Gasteiger charge is -2.31. The molecule has 0 bridgehead atoms. The summed E-state index contributed by atoms with van der Waals surface area (Å²) in [6.45, 7) is 5.92. The van der Waals surface area contributed by atoms with Crippen molar-refractivity contribution < 1.29 is 9.63 Å². The van der Waals surface area contributed by atoms with Crippen LogP contribution in [0.1, 0.15) is 58.3 Å². The molecule has 2 aromatic heterocycles. The van der Waals surface area contributed by atoms with E-state index >= 15 is 0 Å². The number of imidazole rings is 1. The second kappa shape index (κ2) is 7.67. The van der Waals surface area contributed by atoms with Crippen molar-refractivity contribution in [3.8, 4) is 11.1 Å². The fraction of sp³-hybridized carbons (Fsp3) is 0.241. The number of aromatic amines is 1. The van der Waals surface area contributed by atoms with Crippen LogP contribution in [0.3, 0.4) is 0 Å². The lowest BCUT2D eigenvalue weighted by molar-refractivity contribution is 0.127. The smallest absolute Gasteiger partial charge is 0.142 e. The third-order valence-electron chi connectivity index (χ3n) is 6.91. The van der Waals surface area contributed by atoms with Crippen LogP contribution in [0.2, 0.25) is 0 Å². The Morgan fingerprint density at radius 3 is 2.38 bits per heavy atom. The predicted molar refractivity (Wildman–Crippen MR) is 133 cm³/mol. The third-order valence-corrected chi connectivity index (χ3v) is 6.91. The molecule has 5 nitrogen and oxygen atoms in total. The van der Waals surface area contributed by atoms with Crippen molar-refractivity contribution in [2.45, 2.75) is 45.1 Å². The molecule has 3 aromatic carbocycles. The fourth-order valence-corrected chi connectivity index (χ4v) is 5.03. The molecule has 1 fully saturated rings.